The highest BCUT2D eigenvalue weighted by molar-refractivity contribution is 7.81. The van der Waals surface area contributed by atoms with Crippen LogP contribution in [0.25, 0.3) is 0 Å². The number of hydrogen-bond donors (Lipinski definition) is 4. The zero-order valence-corrected chi connectivity index (χ0v) is 22.5. The van der Waals surface area contributed by atoms with Gasteiger partial charge in [0, 0.05) is 20.5 Å². The van der Waals surface area contributed by atoms with Gasteiger partial charge in [0.25, 0.3) is 0 Å². The van der Waals surface area contributed by atoms with Crippen molar-refractivity contribution in [1.82, 2.24) is 0 Å². The zero-order chi connectivity index (χ0) is 24.0. The third-order valence-corrected chi connectivity index (χ3v) is 8.47. The number of benzene rings is 4. The van der Waals surface area contributed by atoms with Crippen molar-refractivity contribution in [3.63, 3.8) is 0 Å². The number of thiol groups is 4. The topological polar surface area (TPSA) is 0 Å². The van der Waals surface area contributed by atoms with Gasteiger partial charge in [-0.1, -0.05) is 97.1 Å². The Kier molecular flexibility index (Phi) is 8.81. The molecule has 0 aliphatic heterocycles. The molecule has 4 rings (SSSR count). The van der Waals surface area contributed by atoms with Crippen molar-refractivity contribution in [1.29, 1.82) is 0 Å². The fourth-order valence-electron chi connectivity index (χ4n) is 5.18. The van der Waals surface area contributed by atoms with Gasteiger partial charge in [0.2, 0.25) is 0 Å². The lowest BCUT2D eigenvalue weighted by atomic mass is 9.59. The van der Waals surface area contributed by atoms with E-state index in [2.05, 4.69) is 110 Å². The van der Waals surface area contributed by atoms with Gasteiger partial charge in [-0.25, -0.2) is 0 Å². The molecule has 0 aliphatic carbocycles. The largest absolute Gasteiger partial charge is 0.179 e. The molecule has 0 N–H and O–H groups in total. The lowest BCUT2D eigenvalue weighted by Gasteiger charge is -2.47. The van der Waals surface area contributed by atoms with Gasteiger partial charge < -0.3 is 0 Å². The van der Waals surface area contributed by atoms with E-state index in [9.17, 15) is 0 Å². The molecule has 4 aromatic carbocycles. The first-order chi connectivity index (χ1) is 16.6. The standard InChI is InChI=1S/C30H30S4/c31-21-11-18-25(22-12-3-1-4-13-22)30(23-14-5-2-6-15-23,26-17-8-10-20-28(26)33)29(34)24-16-7-9-19-27(24)32/h1-10,12-17,19-20,25,29,31-34H,11,18,21H2. The zero-order valence-electron chi connectivity index (χ0n) is 19.0. The minimum absolute atomic E-state index is 0.145. The monoisotopic (exact) mass is 518 g/mol. The van der Waals surface area contributed by atoms with E-state index in [1.54, 1.807) is 0 Å². The predicted molar refractivity (Wildman–Crippen MR) is 159 cm³/mol. The lowest BCUT2D eigenvalue weighted by Crippen LogP contribution is -2.40. The van der Waals surface area contributed by atoms with Crippen LogP contribution in [-0.4, -0.2) is 5.75 Å². The first-order valence-electron chi connectivity index (χ1n) is 11.6. The van der Waals surface area contributed by atoms with Crippen LogP contribution in [0.4, 0.5) is 0 Å². The van der Waals surface area contributed by atoms with E-state index in [-0.39, 0.29) is 11.2 Å². The van der Waals surface area contributed by atoms with Gasteiger partial charge in [0.15, 0.2) is 0 Å². The first kappa shape index (κ1) is 25.4. The number of rotatable bonds is 9. The molecule has 0 saturated heterocycles. The third-order valence-electron chi connectivity index (χ3n) is 6.67. The Morgan fingerprint density at radius 1 is 0.647 bits per heavy atom. The molecular formula is C30H30S4. The molecule has 4 heteroatoms. The Hall–Kier alpha value is -1.72. The SMILES string of the molecule is SCCCC(c1ccccc1)C(c1ccccc1)(c1ccccc1S)C(S)c1ccccc1S. The summed E-state index contributed by atoms with van der Waals surface area (Å²) < 4.78 is 0. The molecular weight excluding hydrogens is 489 g/mol. The Labute approximate surface area is 225 Å². The highest BCUT2D eigenvalue weighted by atomic mass is 32.1. The lowest BCUT2D eigenvalue weighted by molar-refractivity contribution is 0.370. The Morgan fingerprint density at radius 2 is 1.21 bits per heavy atom. The van der Waals surface area contributed by atoms with Crippen molar-refractivity contribution in [2.75, 3.05) is 5.75 Å². The molecule has 34 heavy (non-hydrogen) atoms. The average molecular weight is 519 g/mol. The van der Waals surface area contributed by atoms with E-state index in [1.165, 1.54) is 16.7 Å². The maximum atomic E-state index is 5.45. The van der Waals surface area contributed by atoms with E-state index >= 15 is 0 Å². The molecule has 0 spiro atoms. The molecule has 0 saturated carbocycles. The van der Waals surface area contributed by atoms with Gasteiger partial charge in [0.05, 0.1) is 0 Å². The maximum Gasteiger partial charge on any atom is 0.0439 e. The molecule has 0 fully saturated rings. The van der Waals surface area contributed by atoms with Gasteiger partial charge >= 0.3 is 0 Å². The van der Waals surface area contributed by atoms with Crippen molar-refractivity contribution in [3.05, 3.63) is 131 Å². The number of hydrogen-bond acceptors (Lipinski definition) is 4. The fourth-order valence-corrected chi connectivity index (χ4v) is 6.79. The van der Waals surface area contributed by atoms with Crippen LogP contribution in [0.1, 0.15) is 46.3 Å². The Balaban J connectivity index is 2.12. The van der Waals surface area contributed by atoms with E-state index in [0.29, 0.717) is 0 Å². The van der Waals surface area contributed by atoms with E-state index in [1.807, 2.05) is 12.1 Å². The molecule has 0 aliphatic rings. The van der Waals surface area contributed by atoms with Crippen molar-refractivity contribution >= 4 is 50.5 Å². The minimum atomic E-state index is -0.494. The summed E-state index contributed by atoms with van der Waals surface area (Å²) in [7, 11) is 0. The average Bonchev–Trinajstić information content (AvgIpc) is 2.88. The highest BCUT2D eigenvalue weighted by Gasteiger charge is 2.49. The highest BCUT2D eigenvalue weighted by Crippen LogP contribution is 2.58. The van der Waals surface area contributed by atoms with Crippen molar-refractivity contribution < 1.29 is 0 Å². The molecule has 4 aromatic rings. The van der Waals surface area contributed by atoms with Crippen molar-refractivity contribution in [2.45, 2.75) is 39.2 Å². The first-order valence-corrected chi connectivity index (χ1v) is 13.6. The summed E-state index contributed by atoms with van der Waals surface area (Å²) in [6, 6.07) is 38.4. The van der Waals surface area contributed by atoms with E-state index in [4.69, 9.17) is 37.9 Å². The van der Waals surface area contributed by atoms with Gasteiger partial charge in [-0.2, -0.15) is 25.3 Å². The molecule has 174 valence electrons. The van der Waals surface area contributed by atoms with Crippen molar-refractivity contribution in [3.8, 4) is 0 Å². The molecule has 0 radical (unpaired) electrons. The quantitative estimate of drug-likeness (QED) is 0.156. The summed E-state index contributed by atoms with van der Waals surface area (Å²) in [5.41, 5.74) is 4.31. The van der Waals surface area contributed by atoms with Gasteiger partial charge in [-0.3, -0.25) is 0 Å². The van der Waals surface area contributed by atoms with Crippen LogP contribution < -0.4 is 0 Å². The normalized spacial score (nSPS) is 14.8. The van der Waals surface area contributed by atoms with Crippen LogP contribution in [0.2, 0.25) is 0 Å². The van der Waals surface area contributed by atoms with E-state index < -0.39 is 5.41 Å². The Morgan fingerprint density at radius 3 is 1.82 bits per heavy atom. The maximum absolute atomic E-state index is 5.45. The summed E-state index contributed by atoms with van der Waals surface area (Å²) in [6.07, 6.45) is 1.96. The predicted octanol–water partition coefficient (Wildman–Crippen LogP) is 8.71. The molecule has 0 heterocycles. The van der Waals surface area contributed by atoms with Gasteiger partial charge in [-0.05, 0) is 58.9 Å². The second-order valence-electron chi connectivity index (χ2n) is 8.54. The van der Waals surface area contributed by atoms with Crippen LogP contribution >= 0.6 is 50.5 Å². The summed E-state index contributed by atoms with van der Waals surface area (Å²) >= 11 is 19.9. The molecule has 0 aromatic heterocycles. The van der Waals surface area contributed by atoms with Crippen LogP contribution in [-0.2, 0) is 5.41 Å². The smallest absolute Gasteiger partial charge is 0.0439 e. The van der Waals surface area contributed by atoms with Crippen molar-refractivity contribution in [2.24, 2.45) is 0 Å². The van der Waals surface area contributed by atoms with Gasteiger partial charge in [-0.15, -0.1) is 25.3 Å². The summed E-state index contributed by atoms with van der Waals surface area (Å²) in [6.45, 7) is 0. The molecule has 0 amide bonds. The van der Waals surface area contributed by atoms with Crippen LogP contribution in [0.5, 0.6) is 0 Å². The van der Waals surface area contributed by atoms with Crippen LogP contribution in [0, 0.1) is 0 Å². The van der Waals surface area contributed by atoms with E-state index in [0.717, 1.165) is 33.9 Å². The molecule has 0 bridgehead atoms. The van der Waals surface area contributed by atoms with Gasteiger partial charge in [0.1, 0.15) is 0 Å². The third kappa shape index (κ3) is 4.97. The Bertz CT molecular complexity index is 1190. The molecule has 0 nitrogen and oxygen atoms in total. The molecule has 3 unspecified atom stereocenters. The fraction of sp³-hybridized carbons (Fsp3) is 0.200. The summed E-state index contributed by atoms with van der Waals surface area (Å²) in [4.78, 5) is 1.91. The second-order valence-corrected chi connectivity index (χ2v) is 10.5. The molecule has 3 atom stereocenters. The van der Waals surface area contributed by atoms with Crippen LogP contribution in [0.15, 0.2) is 119 Å². The van der Waals surface area contributed by atoms with Crippen LogP contribution in [0.3, 0.4) is 0 Å². The summed E-state index contributed by atoms with van der Waals surface area (Å²) in [5.74, 6) is 0.976. The summed E-state index contributed by atoms with van der Waals surface area (Å²) in [5, 5.41) is -0.165. The minimum Gasteiger partial charge on any atom is -0.179 e. The second kappa shape index (κ2) is 11.8.